The summed E-state index contributed by atoms with van der Waals surface area (Å²) in [6.07, 6.45) is 4.00. The Kier molecular flexibility index (Phi) is 7.00. The molecule has 4 nitrogen and oxygen atoms in total. The van der Waals surface area contributed by atoms with E-state index in [2.05, 4.69) is 76.2 Å². The van der Waals surface area contributed by atoms with Crippen molar-refractivity contribution in [2.24, 2.45) is 0 Å². The van der Waals surface area contributed by atoms with Gasteiger partial charge in [-0.15, -0.1) is 0 Å². The lowest BCUT2D eigenvalue weighted by Crippen LogP contribution is -2.33. The minimum absolute atomic E-state index is 0.335. The van der Waals surface area contributed by atoms with Gasteiger partial charge in [0, 0.05) is 53.5 Å². The van der Waals surface area contributed by atoms with Crippen LogP contribution < -0.4 is 15.1 Å². The largest absolute Gasteiger partial charge is 0.422 e. The predicted molar refractivity (Wildman–Crippen MR) is 156 cm³/mol. The second kappa shape index (κ2) is 11.2. The topological polar surface area (TPSA) is 37.3 Å². The van der Waals surface area contributed by atoms with E-state index in [1.165, 1.54) is 16.7 Å². The first-order chi connectivity index (χ1) is 19.2. The molecule has 2 aromatic heterocycles. The van der Waals surface area contributed by atoms with Gasteiger partial charge in [0.25, 0.3) is 0 Å². The van der Waals surface area contributed by atoms with Crippen molar-refractivity contribution in [1.82, 2.24) is 0 Å². The highest BCUT2D eigenvalue weighted by Crippen LogP contribution is 2.27. The predicted octanol–water partition coefficient (Wildman–Crippen LogP) is 7.00. The molecule has 0 saturated carbocycles. The van der Waals surface area contributed by atoms with Crippen molar-refractivity contribution in [3.05, 3.63) is 167 Å². The maximum absolute atomic E-state index is 13.1. The van der Waals surface area contributed by atoms with E-state index in [4.69, 9.17) is 4.42 Å². The van der Waals surface area contributed by atoms with Crippen LogP contribution in [0.5, 0.6) is 0 Å². The molecule has 0 unspecified atom stereocenters. The number of pyridine rings is 1. The molecule has 0 saturated heterocycles. The van der Waals surface area contributed by atoms with Crippen LogP contribution in [0.15, 0.2) is 149 Å². The third kappa shape index (κ3) is 5.81. The Labute approximate surface area is 228 Å². The Hall–Kier alpha value is -4.96. The number of fused-ring (bicyclic) bond motifs is 1. The molecule has 39 heavy (non-hydrogen) atoms. The molecule has 0 aliphatic rings. The Balaban J connectivity index is 1.29. The Morgan fingerprint density at radius 1 is 0.615 bits per heavy atom. The van der Waals surface area contributed by atoms with Gasteiger partial charge >= 0.3 is 5.63 Å². The molecule has 0 bridgehead atoms. The highest BCUT2D eigenvalue weighted by Gasteiger charge is 2.14. The molecule has 6 aromatic rings. The van der Waals surface area contributed by atoms with Crippen LogP contribution in [-0.4, -0.2) is 0 Å². The summed E-state index contributed by atoms with van der Waals surface area (Å²) in [5, 5.41) is 0.897. The lowest BCUT2D eigenvalue weighted by atomic mass is 10.1. The van der Waals surface area contributed by atoms with E-state index >= 15 is 0 Å². The van der Waals surface area contributed by atoms with Gasteiger partial charge < -0.3 is 9.32 Å². The smallest absolute Gasteiger partial charge is 0.344 e. The van der Waals surface area contributed by atoms with Gasteiger partial charge in [-0.25, -0.2) is 9.36 Å². The highest BCUT2D eigenvalue weighted by atomic mass is 16.4. The minimum Gasteiger partial charge on any atom is -0.422 e. The average molecular weight is 510 g/mol. The standard InChI is InChI=1S/C35H29N2O2/c38-35-33(30-18-20-36(21-19-30)24-27-10-4-1-5-11-27)22-31-16-17-32(23-34(31)39-35)37(25-28-12-6-2-7-13-28)26-29-14-8-3-9-15-29/h1-23H,24-26H2/q+1. The number of hydrogen-bond acceptors (Lipinski definition) is 3. The van der Waals surface area contributed by atoms with Crippen LogP contribution in [0.3, 0.4) is 0 Å². The maximum atomic E-state index is 13.1. The second-order valence-corrected chi connectivity index (χ2v) is 9.74. The quantitative estimate of drug-likeness (QED) is 0.164. The van der Waals surface area contributed by atoms with E-state index in [-0.39, 0.29) is 5.63 Å². The normalized spacial score (nSPS) is 11.0. The van der Waals surface area contributed by atoms with Crippen molar-refractivity contribution < 1.29 is 8.98 Å². The van der Waals surface area contributed by atoms with Crippen LogP contribution in [0, 0.1) is 0 Å². The fraction of sp³-hybridized carbons (Fsp3) is 0.0857. The number of anilines is 1. The van der Waals surface area contributed by atoms with Crippen LogP contribution in [0.1, 0.15) is 16.7 Å². The molecule has 2 heterocycles. The number of benzene rings is 4. The van der Waals surface area contributed by atoms with Gasteiger partial charge in [0.2, 0.25) is 0 Å². The molecule has 0 spiro atoms. The van der Waals surface area contributed by atoms with Gasteiger partial charge in [0.1, 0.15) is 5.58 Å². The van der Waals surface area contributed by atoms with Crippen LogP contribution >= 0.6 is 0 Å². The van der Waals surface area contributed by atoms with Gasteiger partial charge in [-0.2, -0.15) is 0 Å². The van der Waals surface area contributed by atoms with E-state index in [9.17, 15) is 4.79 Å². The maximum Gasteiger partial charge on any atom is 0.344 e. The SMILES string of the molecule is O=c1oc2cc(N(Cc3ccccc3)Cc3ccccc3)ccc2cc1-c1cc[n+](Cc2ccccc2)cc1. The van der Waals surface area contributed by atoms with Gasteiger partial charge in [0.15, 0.2) is 18.9 Å². The van der Waals surface area contributed by atoms with Crippen LogP contribution in [0.25, 0.3) is 22.1 Å². The Morgan fingerprint density at radius 3 is 1.77 bits per heavy atom. The van der Waals surface area contributed by atoms with Crippen molar-refractivity contribution in [3.8, 4) is 11.1 Å². The molecule has 0 aliphatic heterocycles. The number of aromatic nitrogens is 1. The summed E-state index contributed by atoms with van der Waals surface area (Å²) in [6, 6.07) is 43.1. The molecular formula is C35H29N2O2+. The van der Waals surface area contributed by atoms with E-state index in [0.717, 1.165) is 36.3 Å². The van der Waals surface area contributed by atoms with Gasteiger partial charge in [-0.05, 0) is 29.3 Å². The molecule has 4 aromatic carbocycles. The lowest BCUT2D eigenvalue weighted by molar-refractivity contribution is -0.688. The molecule has 6 rings (SSSR count). The molecule has 0 aliphatic carbocycles. The summed E-state index contributed by atoms with van der Waals surface area (Å²) in [5.74, 6) is 0. The number of rotatable bonds is 8. The van der Waals surface area contributed by atoms with Crippen molar-refractivity contribution in [2.45, 2.75) is 19.6 Å². The van der Waals surface area contributed by atoms with Crippen LogP contribution in [0.4, 0.5) is 5.69 Å². The summed E-state index contributed by atoms with van der Waals surface area (Å²) < 4.78 is 7.97. The molecular weight excluding hydrogens is 480 g/mol. The summed E-state index contributed by atoms with van der Waals surface area (Å²) in [6.45, 7) is 2.27. The first-order valence-corrected chi connectivity index (χ1v) is 13.2. The van der Waals surface area contributed by atoms with Crippen LogP contribution in [-0.2, 0) is 19.6 Å². The molecule has 0 fully saturated rings. The summed E-state index contributed by atoms with van der Waals surface area (Å²) in [5.41, 5.74) is 6.33. The zero-order chi connectivity index (χ0) is 26.4. The lowest BCUT2D eigenvalue weighted by Gasteiger charge is -2.25. The van der Waals surface area contributed by atoms with Crippen LogP contribution in [0.2, 0.25) is 0 Å². The summed E-state index contributed by atoms with van der Waals surface area (Å²) in [7, 11) is 0. The van der Waals surface area contributed by atoms with E-state index in [0.29, 0.717) is 11.1 Å². The van der Waals surface area contributed by atoms with E-state index in [1.807, 2.05) is 73.1 Å². The van der Waals surface area contributed by atoms with Gasteiger partial charge in [0.05, 0.1) is 5.56 Å². The molecule has 190 valence electrons. The van der Waals surface area contributed by atoms with Gasteiger partial charge in [-0.1, -0.05) is 91.0 Å². The van der Waals surface area contributed by atoms with Crippen molar-refractivity contribution in [3.63, 3.8) is 0 Å². The highest BCUT2D eigenvalue weighted by molar-refractivity contribution is 5.84. The number of nitrogens with zero attached hydrogens (tertiary/aromatic N) is 2. The Bertz CT molecular complexity index is 1690. The summed E-state index contributed by atoms with van der Waals surface area (Å²) >= 11 is 0. The van der Waals surface area contributed by atoms with E-state index in [1.54, 1.807) is 0 Å². The first-order valence-electron chi connectivity index (χ1n) is 13.2. The molecule has 0 N–H and O–H groups in total. The first kappa shape index (κ1) is 24.4. The molecule has 4 heteroatoms. The minimum atomic E-state index is -0.335. The van der Waals surface area contributed by atoms with Crippen molar-refractivity contribution in [1.29, 1.82) is 0 Å². The third-order valence-electron chi connectivity index (χ3n) is 6.93. The average Bonchev–Trinajstić information content (AvgIpc) is 2.98. The fourth-order valence-corrected chi connectivity index (χ4v) is 4.88. The van der Waals surface area contributed by atoms with E-state index < -0.39 is 0 Å². The number of hydrogen-bond donors (Lipinski definition) is 0. The zero-order valence-corrected chi connectivity index (χ0v) is 21.6. The Morgan fingerprint density at radius 2 is 1.18 bits per heavy atom. The second-order valence-electron chi connectivity index (χ2n) is 9.74. The summed E-state index contributed by atoms with van der Waals surface area (Å²) in [4.78, 5) is 15.4. The third-order valence-corrected chi connectivity index (χ3v) is 6.93. The molecule has 0 atom stereocenters. The molecule has 0 radical (unpaired) electrons. The van der Waals surface area contributed by atoms with Crippen molar-refractivity contribution >= 4 is 16.7 Å². The zero-order valence-electron chi connectivity index (χ0n) is 21.6. The fourth-order valence-electron chi connectivity index (χ4n) is 4.88. The monoisotopic (exact) mass is 509 g/mol. The van der Waals surface area contributed by atoms with Gasteiger partial charge in [-0.3, -0.25) is 0 Å². The molecule has 0 amide bonds. The van der Waals surface area contributed by atoms with Crippen molar-refractivity contribution in [2.75, 3.05) is 4.90 Å².